The van der Waals surface area contributed by atoms with Crippen LogP contribution in [-0.2, 0) is 18.4 Å². The lowest BCUT2D eigenvalue weighted by Gasteiger charge is -2.07. The minimum absolute atomic E-state index is 0.110. The number of amides is 1. The van der Waals surface area contributed by atoms with Crippen molar-refractivity contribution in [2.75, 3.05) is 5.32 Å². The van der Waals surface area contributed by atoms with Gasteiger partial charge in [-0.05, 0) is 25.1 Å². The van der Waals surface area contributed by atoms with Crippen LogP contribution < -0.4 is 16.4 Å². The smallest absolute Gasteiger partial charge is 0.295 e. The molecule has 0 aliphatic rings. The first-order valence-corrected chi connectivity index (χ1v) is 9.55. The second kappa shape index (κ2) is 7.95. The van der Waals surface area contributed by atoms with E-state index in [0.717, 1.165) is 10.9 Å². The molecular formula is C21H18N6O5. The number of anilines is 1. The normalized spacial score (nSPS) is 10.9. The van der Waals surface area contributed by atoms with Gasteiger partial charge in [-0.1, -0.05) is 18.2 Å². The fourth-order valence-corrected chi connectivity index (χ4v) is 3.42. The van der Waals surface area contributed by atoms with Gasteiger partial charge in [-0.3, -0.25) is 33.7 Å². The number of rotatable bonds is 5. The van der Waals surface area contributed by atoms with Crippen LogP contribution in [0.2, 0.25) is 0 Å². The Labute approximate surface area is 180 Å². The number of nitrogens with zero attached hydrogens (tertiary/aromatic N) is 5. The minimum atomic E-state index is -0.582. The first kappa shape index (κ1) is 20.7. The van der Waals surface area contributed by atoms with Gasteiger partial charge in [0.2, 0.25) is 5.91 Å². The highest BCUT2D eigenvalue weighted by atomic mass is 16.6. The summed E-state index contributed by atoms with van der Waals surface area (Å²) in [5, 5.41) is 13.6. The molecule has 0 atom stereocenters. The number of nitrogens with one attached hydrogen (secondary N) is 1. The predicted octanol–water partition coefficient (Wildman–Crippen LogP) is 1.74. The second-order valence-corrected chi connectivity index (χ2v) is 7.12. The summed E-state index contributed by atoms with van der Waals surface area (Å²) in [6.07, 6.45) is 1.15. The van der Waals surface area contributed by atoms with Crippen LogP contribution >= 0.6 is 0 Å². The molecule has 0 saturated heterocycles. The van der Waals surface area contributed by atoms with Crippen LogP contribution in [0.25, 0.3) is 16.6 Å². The third-order valence-corrected chi connectivity index (χ3v) is 5.15. The number of hydrogen-bond donors (Lipinski definition) is 1. The molecule has 2 heterocycles. The molecule has 2 aromatic carbocycles. The van der Waals surface area contributed by atoms with E-state index in [1.807, 2.05) is 6.07 Å². The standard InChI is InChI=1S/C21H18N6O5/c1-13-19(21(30)26(24(13)2)14-6-4-3-5-7-14)23-18(28)11-25-12-22-17-10-15(27(31)32)8-9-16(17)20(25)29/h3-10,12H,11H2,1-2H3,(H,23,28). The predicted molar refractivity (Wildman–Crippen MR) is 117 cm³/mol. The number of carbonyl (C=O) groups excluding carboxylic acids is 1. The fourth-order valence-electron chi connectivity index (χ4n) is 3.42. The van der Waals surface area contributed by atoms with Crippen LogP contribution in [0.15, 0.2) is 64.4 Å². The molecule has 11 heteroatoms. The van der Waals surface area contributed by atoms with E-state index in [1.165, 1.54) is 22.9 Å². The van der Waals surface area contributed by atoms with Crippen molar-refractivity contribution in [3.8, 4) is 5.69 Å². The molecule has 0 bridgehead atoms. The maximum absolute atomic E-state index is 12.9. The van der Waals surface area contributed by atoms with Gasteiger partial charge in [-0.2, -0.15) is 0 Å². The summed E-state index contributed by atoms with van der Waals surface area (Å²) < 4.78 is 4.14. The monoisotopic (exact) mass is 434 g/mol. The van der Waals surface area contributed by atoms with E-state index in [0.29, 0.717) is 11.4 Å². The van der Waals surface area contributed by atoms with Crippen molar-refractivity contribution < 1.29 is 9.72 Å². The molecule has 0 fully saturated rings. The molecule has 0 aliphatic carbocycles. The lowest BCUT2D eigenvalue weighted by molar-refractivity contribution is -0.384. The molecule has 32 heavy (non-hydrogen) atoms. The van der Waals surface area contributed by atoms with Crippen molar-refractivity contribution in [3.63, 3.8) is 0 Å². The van der Waals surface area contributed by atoms with E-state index in [-0.39, 0.29) is 28.8 Å². The number of aromatic nitrogens is 4. The van der Waals surface area contributed by atoms with Crippen LogP contribution in [0.5, 0.6) is 0 Å². The van der Waals surface area contributed by atoms with E-state index in [9.17, 15) is 24.5 Å². The number of non-ortho nitro benzene ring substituents is 1. The van der Waals surface area contributed by atoms with E-state index < -0.39 is 21.9 Å². The van der Waals surface area contributed by atoms with Crippen molar-refractivity contribution in [1.82, 2.24) is 18.9 Å². The molecule has 4 aromatic rings. The zero-order valence-electron chi connectivity index (χ0n) is 17.2. The molecule has 2 aromatic heterocycles. The van der Waals surface area contributed by atoms with Gasteiger partial charge in [0.15, 0.2) is 0 Å². The Morgan fingerprint density at radius 1 is 1.12 bits per heavy atom. The molecule has 0 unspecified atom stereocenters. The van der Waals surface area contributed by atoms with Gasteiger partial charge in [0.25, 0.3) is 16.8 Å². The summed E-state index contributed by atoms with van der Waals surface area (Å²) in [6, 6.07) is 12.7. The molecule has 0 radical (unpaired) electrons. The van der Waals surface area contributed by atoms with Crippen molar-refractivity contribution in [2.24, 2.45) is 7.05 Å². The molecule has 1 amide bonds. The van der Waals surface area contributed by atoms with E-state index in [4.69, 9.17) is 0 Å². The number of benzene rings is 2. The van der Waals surface area contributed by atoms with Gasteiger partial charge in [-0.15, -0.1) is 0 Å². The van der Waals surface area contributed by atoms with Crippen molar-refractivity contribution in [2.45, 2.75) is 13.5 Å². The zero-order chi connectivity index (χ0) is 23.0. The highest BCUT2D eigenvalue weighted by Gasteiger charge is 2.19. The molecule has 0 spiro atoms. The number of carbonyl (C=O) groups is 1. The fraction of sp³-hybridized carbons (Fsp3) is 0.143. The first-order chi connectivity index (χ1) is 15.3. The molecule has 11 nitrogen and oxygen atoms in total. The van der Waals surface area contributed by atoms with Gasteiger partial charge in [0.05, 0.1) is 33.5 Å². The quantitative estimate of drug-likeness (QED) is 0.376. The zero-order valence-corrected chi connectivity index (χ0v) is 17.2. The Kier molecular flexibility index (Phi) is 5.15. The van der Waals surface area contributed by atoms with Crippen molar-refractivity contribution in [1.29, 1.82) is 0 Å². The third-order valence-electron chi connectivity index (χ3n) is 5.15. The van der Waals surface area contributed by atoms with Crippen molar-refractivity contribution >= 4 is 28.2 Å². The lowest BCUT2D eigenvalue weighted by Crippen LogP contribution is -2.29. The van der Waals surface area contributed by atoms with Gasteiger partial charge in [0, 0.05) is 19.2 Å². The number of nitro groups is 1. The average Bonchev–Trinajstić information content (AvgIpc) is 2.99. The first-order valence-electron chi connectivity index (χ1n) is 9.55. The van der Waals surface area contributed by atoms with Crippen LogP contribution in [-0.4, -0.2) is 29.7 Å². The van der Waals surface area contributed by atoms with Crippen LogP contribution in [0.3, 0.4) is 0 Å². The Hall–Kier alpha value is -4.54. The Balaban J connectivity index is 1.62. The summed E-state index contributed by atoms with van der Waals surface area (Å²) >= 11 is 0. The van der Waals surface area contributed by atoms with Crippen molar-refractivity contribution in [3.05, 3.63) is 91.4 Å². The van der Waals surface area contributed by atoms with Crippen LogP contribution in [0, 0.1) is 17.0 Å². The molecule has 4 rings (SSSR count). The molecule has 162 valence electrons. The molecule has 1 N–H and O–H groups in total. The maximum Gasteiger partial charge on any atom is 0.295 e. The Morgan fingerprint density at radius 3 is 2.53 bits per heavy atom. The van der Waals surface area contributed by atoms with Gasteiger partial charge < -0.3 is 5.32 Å². The topological polar surface area (TPSA) is 134 Å². The van der Waals surface area contributed by atoms with Crippen LogP contribution in [0.1, 0.15) is 5.69 Å². The number of nitro benzene ring substituents is 1. The van der Waals surface area contributed by atoms with E-state index in [1.54, 1.807) is 42.9 Å². The highest BCUT2D eigenvalue weighted by Crippen LogP contribution is 2.17. The van der Waals surface area contributed by atoms with Crippen LogP contribution in [0.4, 0.5) is 11.4 Å². The second-order valence-electron chi connectivity index (χ2n) is 7.12. The highest BCUT2D eigenvalue weighted by molar-refractivity contribution is 5.91. The molecule has 0 aliphatic heterocycles. The summed E-state index contributed by atoms with van der Waals surface area (Å²) in [7, 11) is 1.70. The Morgan fingerprint density at radius 2 is 1.84 bits per heavy atom. The third kappa shape index (κ3) is 3.55. The molecule has 0 saturated carbocycles. The maximum atomic E-state index is 12.9. The molecular weight excluding hydrogens is 416 g/mol. The summed E-state index contributed by atoms with van der Waals surface area (Å²) in [5.74, 6) is -0.582. The Bertz CT molecular complexity index is 1480. The van der Waals surface area contributed by atoms with Gasteiger partial charge >= 0.3 is 0 Å². The van der Waals surface area contributed by atoms with E-state index in [2.05, 4.69) is 10.3 Å². The SMILES string of the molecule is Cc1c(NC(=O)Cn2cnc3cc([N+](=O)[O-])ccc3c2=O)c(=O)n(-c2ccccc2)n1C. The summed E-state index contributed by atoms with van der Waals surface area (Å²) in [5.41, 5.74) is 0.349. The lowest BCUT2D eigenvalue weighted by atomic mass is 10.2. The summed E-state index contributed by atoms with van der Waals surface area (Å²) in [6.45, 7) is 1.32. The number of hydrogen-bond acceptors (Lipinski definition) is 6. The number of fused-ring (bicyclic) bond motifs is 1. The van der Waals surface area contributed by atoms with E-state index >= 15 is 0 Å². The summed E-state index contributed by atoms with van der Waals surface area (Å²) in [4.78, 5) is 52.6. The largest absolute Gasteiger partial charge is 0.318 e. The number of para-hydroxylation sites is 1. The minimum Gasteiger partial charge on any atom is -0.318 e. The van der Waals surface area contributed by atoms with Gasteiger partial charge in [0.1, 0.15) is 12.2 Å². The average molecular weight is 434 g/mol. The van der Waals surface area contributed by atoms with Gasteiger partial charge in [-0.25, -0.2) is 9.67 Å².